The third kappa shape index (κ3) is 1.74. The van der Waals surface area contributed by atoms with Crippen molar-refractivity contribution in [1.29, 1.82) is 0 Å². The zero-order valence-corrected chi connectivity index (χ0v) is 7.54. The normalized spacial score (nSPS) is 10.7. The fourth-order valence-corrected chi connectivity index (χ4v) is 1.02. The monoisotopic (exact) mass is 165 g/mol. The zero-order valence-electron chi connectivity index (χ0n) is 7.54. The molecule has 0 aromatic carbocycles. The van der Waals surface area contributed by atoms with Crippen LogP contribution >= 0.6 is 0 Å². The molecule has 1 aromatic rings. The van der Waals surface area contributed by atoms with Crippen molar-refractivity contribution in [2.75, 3.05) is 5.73 Å². The van der Waals surface area contributed by atoms with E-state index in [9.17, 15) is 0 Å². The Labute approximate surface area is 72.8 Å². The maximum absolute atomic E-state index is 5.61. The van der Waals surface area contributed by atoms with Gasteiger partial charge in [0.15, 0.2) is 0 Å². The summed E-state index contributed by atoms with van der Waals surface area (Å²) in [6.07, 6.45) is 1.80. The van der Waals surface area contributed by atoms with Gasteiger partial charge in [0.25, 0.3) is 0 Å². The van der Waals surface area contributed by atoms with Crippen molar-refractivity contribution in [2.45, 2.75) is 26.3 Å². The maximum atomic E-state index is 5.61. The molecule has 0 bridgehead atoms. The van der Waals surface area contributed by atoms with Gasteiger partial charge in [0.05, 0.1) is 0 Å². The van der Waals surface area contributed by atoms with Gasteiger partial charge in [-0.3, -0.25) is 0 Å². The standard InChI is InChI=1S/C9H15N3/c1-6(2)8-3-7(4-10)9(11)12-5-8/h3,5-6H,4,10H2,1-2H3,(H2,11,12). The summed E-state index contributed by atoms with van der Waals surface area (Å²) in [7, 11) is 0. The quantitative estimate of drug-likeness (QED) is 0.693. The topological polar surface area (TPSA) is 64.9 Å². The Morgan fingerprint density at radius 1 is 1.50 bits per heavy atom. The van der Waals surface area contributed by atoms with E-state index in [0.29, 0.717) is 18.3 Å². The summed E-state index contributed by atoms with van der Waals surface area (Å²) in [6.45, 7) is 4.69. The van der Waals surface area contributed by atoms with E-state index < -0.39 is 0 Å². The molecule has 0 aliphatic carbocycles. The molecular formula is C9H15N3. The Morgan fingerprint density at radius 3 is 2.67 bits per heavy atom. The Balaban J connectivity index is 3.05. The fraction of sp³-hybridized carbons (Fsp3) is 0.444. The third-order valence-corrected chi connectivity index (χ3v) is 1.91. The Morgan fingerprint density at radius 2 is 2.17 bits per heavy atom. The van der Waals surface area contributed by atoms with Crippen LogP contribution in [0.4, 0.5) is 5.82 Å². The number of hydrogen-bond acceptors (Lipinski definition) is 3. The first-order valence-electron chi connectivity index (χ1n) is 4.09. The minimum Gasteiger partial charge on any atom is -0.383 e. The summed E-state index contributed by atoms with van der Waals surface area (Å²) in [6, 6.07) is 2.02. The molecule has 4 N–H and O–H groups in total. The largest absolute Gasteiger partial charge is 0.383 e. The van der Waals surface area contributed by atoms with Crippen LogP contribution in [-0.2, 0) is 6.54 Å². The lowest BCUT2D eigenvalue weighted by Gasteiger charge is -2.07. The van der Waals surface area contributed by atoms with Gasteiger partial charge < -0.3 is 11.5 Å². The minimum atomic E-state index is 0.458. The highest BCUT2D eigenvalue weighted by Gasteiger charge is 2.03. The van der Waals surface area contributed by atoms with Crippen molar-refractivity contribution >= 4 is 5.82 Å². The average molecular weight is 165 g/mol. The summed E-state index contributed by atoms with van der Waals surface area (Å²) in [5.41, 5.74) is 13.2. The molecule has 12 heavy (non-hydrogen) atoms. The predicted octanol–water partition coefficient (Wildman–Crippen LogP) is 1.25. The van der Waals surface area contributed by atoms with Crippen molar-refractivity contribution in [3.05, 3.63) is 23.4 Å². The first-order valence-corrected chi connectivity index (χ1v) is 4.09. The second-order valence-corrected chi connectivity index (χ2v) is 3.17. The number of nitrogens with zero attached hydrogens (tertiary/aromatic N) is 1. The van der Waals surface area contributed by atoms with Crippen LogP contribution in [0.3, 0.4) is 0 Å². The van der Waals surface area contributed by atoms with E-state index >= 15 is 0 Å². The molecular weight excluding hydrogens is 150 g/mol. The molecule has 0 unspecified atom stereocenters. The van der Waals surface area contributed by atoms with E-state index in [2.05, 4.69) is 18.8 Å². The van der Waals surface area contributed by atoms with E-state index in [1.165, 1.54) is 5.56 Å². The molecule has 0 aliphatic rings. The van der Waals surface area contributed by atoms with Crippen LogP contribution in [-0.4, -0.2) is 4.98 Å². The number of aromatic nitrogens is 1. The van der Waals surface area contributed by atoms with Gasteiger partial charge in [0.2, 0.25) is 0 Å². The molecule has 0 amide bonds. The number of nitrogen functional groups attached to an aromatic ring is 1. The van der Waals surface area contributed by atoms with Gasteiger partial charge in [-0.05, 0) is 17.5 Å². The van der Waals surface area contributed by atoms with Crippen molar-refractivity contribution < 1.29 is 0 Å². The molecule has 3 nitrogen and oxygen atoms in total. The van der Waals surface area contributed by atoms with Crippen molar-refractivity contribution in [3.8, 4) is 0 Å². The molecule has 0 atom stereocenters. The van der Waals surface area contributed by atoms with Crippen LogP contribution in [0.25, 0.3) is 0 Å². The first-order chi connectivity index (χ1) is 5.65. The van der Waals surface area contributed by atoms with Gasteiger partial charge in [-0.15, -0.1) is 0 Å². The van der Waals surface area contributed by atoms with Gasteiger partial charge in [-0.25, -0.2) is 4.98 Å². The molecule has 1 aromatic heterocycles. The summed E-state index contributed by atoms with van der Waals surface area (Å²) in [5.74, 6) is 1.02. The highest BCUT2D eigenvalue weighted by atomic mass is 14.8. The van der Waals surface area contributed by atoms with E-state index in [-0.39, 0.29) is 0 Å². The lowest BCUT2D eigenvalue weighted by atomic mass is 10.0. The van der Waals surface area contributed by atoms with Crippen LogP contribution in [0.1, 0.15) is 30.9 Å². The Bertz CT molecular complexity index is 268. The van der Waals surface area contributed by atoms with Crippen LogP contribution in [0.15, 0.2) is 12.3 Å². The van der Waals surface area contributed by atoms with Gasteiger partial charge in [0.1, 0.15) is 5.82 Å². The highest BCUT2D eigenvalue weighted by Crippen LogP contribution is 2.17. The summed E-state index contributed by atoms with van der Waals surface area (Å²) in [4.78, 5) is 4.07. The van der Waals surface area contributed by atoms with Gasteiger partial charge in [0, 0.05) is 18.3 Å². The molecule has 0 aliphatic heterocycles. The molecule has 0 radical (unpaired) electrons. The van der Waals surface area contributed by atoms with Crippen LogP contribution < -0.4 is 11.5 Å². The molecule has 66 valence electrons. The highest BCUT2D eigenvalue weighted by molar-refractivity contribution is 5.41. The van der Waals surface area contributed by atoms with E-state index in [0.717, 1.165) is 5.56 Å². The molecule has 0 fully saturated rings. The minimum absolute atomic E-state index is 0.458. The molecule has 1 heterocycles. The number of pyridine rings is 1. The molecule has 0 spiro atoms. The summed E-state index contributed by atoms with van der Waals surface area (Å²) >= 11 is 0. The first kappa shape index (κ1) is 9.00. The van der Waals surface area contributed by atoms with Crippen LogP contribution in [0, 0.1) is 0 Å². The van der Waals surface area contributed by atoms with Crippen molar-refractivity contribution in [2.24, 2.45) is 5.73 Å². The van der Waals surface area contributed by atoms with Gasteiger partial charge in [-0.2, -0.15) is 0 Å². The van der Waals surface area contributed by atoms with E-state index in [1.807, 2.05) is 6.07 Å². The summed E-state index contributed by atoms with van der Waals surface area (Å²) < 4.78 is 0. The number of nitrogens with two attached hydrogens (primary N) is 2. The van der Waals surface area contributed by atoms with E-state index in [1.54, 1.807) is 6.20 Å². The molecule has 3 heteroatoms. The number of rotatable bonds is 2. The molecule has 0 saturated heterocycles. The average Bonchev–Trinajstić information content (AvgIpc) is 2.05. The number of anilines is 1. The Hall–Kier alpha value is -1.09. The Kier molecular flexibility index (Phi) is 2.65. The van der Waals surface area contributed by atoms with Crippen LogP contribution in [0.2, 0.25) is 0 Å². The van der Waals surface area contributed by atoms with E-state index in [4.69, 9.17) is 11.5 Å². The second-order valence-electron chi connectivity index (χ2n) is 3.17. The van der Waals surface area contributed by atoms with Gasteiger partial charge >= 0.3 is 0 Å². The summed E-state index contributed by atoms with van der Waals surface area (Å²) in [5, 5.41) is 0. The smallest absolute Gasteiger partial charge is 0.127 e. The SMILES string of the molecule is CC(C)c1cnc(N)c(CN)c1. The second kappa shape index (κ2) is 3.54. The lowest BCUT2D eigenvalue weighted by molar-refractivity contribution is 0.852. The molecule has 0 saturated carbocycles. The maximum Gasteiger partial charge on any atom is 0.127 e. The number of hydrogen-bond donors (Lipinski definition) is 2. The van der Waals surface area contributed by atoms with Gasteiger partial charge in [-0.1, -0.05) is 13.8 Å². The molecule has 1 rings (SSSR count). The lowest BCUT2D eigenvalue weighted by Crippen LogP contribution is -2.05. The van der Waals surface area contributed by atoms with Crippen molar-refractivity contribution in [3.63, 3.8) is 0 Å². The zero-order chi connectivity index (χ0) is 9.14. The van der Waals surface area contributed by atoms with Crippen LogP contribution in [0.5, 0.6) is 0 Å². The third-order valence-electron chi connectivity index (χ3n) is 1.91. The predicted molar refractivity (Wildman–Crippen MR) is 50.6 cm³/mol. The fourth-order valence-electron chi connectivity index (χ4n) is 1.02. The van der Waals surface area contributed by atoms with Crippen molar-refractivity contribution in [1.82, 2.24) is 4.98 Å².